The lowest BCUT2D eigenvalue weighted by molar-refractivity contribution is -0.348. The van der Waals surface area contributed by atoms with Crippen LogP contribution in [0.15, 0.2) is 91.0 Å². The molecule has 33 heavy (non-hydrogen) atoms. The number of ether oxygens (including phenoxy) is 6. The molecule has 3 aromatic rings. The lowest BCUT2D eigenvalue weighted by atomic mass is 9.98. The summed E-state index contributed by atoms with van der Waals surface area (Å²) in [6, 6.07) is 29.9. The summed E-state index contributed by atoms with van der Waals surface area (Å²) >= 11 is 0. The molecule has 0 amide bonds. The molecule has 0 spiro atoms. The lowest BCUT2D eigenvalue weighted by Crippen LogP contribution is -2.61. The van der Waals surface area contributed by atoms with Crippen molar-refractivity contribution in [3.63, 3.8) is 0 Å². The van der Waals surface area contributed by atoms with Gasteiger partial charge in [-0.05, 0) is 5.56 Å². The first-order chi connectivity index (χ1) is 16.3. The number of rotatable bonds is 5. The normalized spacial score (nSPS) is 33.3. The Kier molecular flexibility index (Phi) is 5.94. The number of hydrogen-bond donors (Lipinski definition) is 0. The van der Waals surface area contributed by atoms with Crippen molar-refractivity contribution < 1.29 is 28.4 Å². The second kappa shape index (κ2) is 9.35. The molecule has 2 unspecified atom stereocenters. The average molecular weight is 446 g/mol. The van der Waals surface area contributed by atoms with Crippen LogP contribution in [0, 0.1) is 0 Å². The third-order valence-electron chi connectivity index (χ3n) is 6.25. The van der Waals surface area contributed by atoms with E-state index in [-0.39, 0.29) is 18.3 Å². The minimum Gasteiger partial charge on any atom is -0.346 e. The number of hydrogen-bond acceptors (Lipinski definition) is 6. The Hall–Kier alpha value is -2.58. The van der Waals surface area contributed by atoms with E-state index in [1.54, 1.807) is 0 Å². The van der Waals surface area contributed by atoms with E-state index in [1.165, 1.54) is 0 Å². The molecule has 0 N–H and O–H groups in total. The molecule has 0 saturated carbocycles. The molecular formula is C27H26O6. The van der Waals surface area contributed by atoms with E-state index in [1.807, 2.05) is 91.0 Å². The van der Waals surface area contributed by atoms with Crippen molar-refractivity contribution in [1.82, 2.24) is 0 Å². The Morgan fingerprint density at radius 3 is 1.88 bits per heavy atom. The van der Waals surface area contributed by atoms with Crippen LogP contribution < -0.4 is 0 Å². The molecule has 170 valence electrons. The molecule has 0 aliphatic carbocycles. The molecule has 3 fully saturated rings. The van der Waals surface area contributed by atoms with E-state index < -0.39 is 25.0 Å². The smallest absolute Gasteiger partial charge is 0.187 e. The predicted octanol–water partition coefficient (Wildman–Crippen LogP) is 4.53. The third-order valence-corrected chi connectivity index (χ3v) is 6.25. The molecule has 7 atom stereocenters. The minimum atomic E-state index is -0.592. The van der Waals surface area contributed by atoms with Crippen molar-refractivity contribution in [3.8, 4) is 0 Å². The Morgan fingerprint density at radius 2 is 1.18 bits per heavy atom. The summed E-state index contributed by atoms with van der Waals surface area (Å²) in [6.45, 7) is 0.803. The van der Waals surface area contributed by atoms with Crippen molar-refractivity contribution in [2.75, 3.05) is 6.61 Å². The second-order valence-electron chi connectivity index (χ2n) is 8.46. The molecule has 3 aliphatic heterocycles. The van der Waals surface area contributed by atoms with E-state index in [0.717, 1.165) is 16.7 Å². The minimum absolute atomic E-state index is 0.315. The molecule has 3 aliphatic rings. The Labute approximate surface area is 192 Å². The topological polar surface area (TPSA) is 55.4 Å². The summed E-state index contributed by atoms with van der Waals surface area (Å²) in [5.41, 5.74) is 2.99. The molecule has 3 heterocycles. The zero-order valence-corrected chi connectivity index (χ0v) is 18.1. The van der Waals surface area contributed by atoms with Crippen molar-refractivity contribution in [2.24, 2.45) is 0 Å². The van der Waals surface area contributed by atoms with Crippen LogP contribution in [0.2, 0.25) is 0 Å². The van der Waals surface area contributed by atoms with E-state index in [4.69, 9.17) is 28.4 Å². The fourth-order valence-electron chi connectivity index (χ4n) is 4.60. The third kappa shape index (κ3) is 4.34. The SMILES string of the molecule is c1ccc(CO[C@@H]2O[C@H]3COC(c4ccccc4)O[C@H]3[C@H]3OC(c4ccccc4)O[C@@H]23)cc1. The molecule has 3 saturated heterocycles. The zero-order valence-electron chi connectivity index (χ0n) is 18.1. The van der Waals surface area contributed by atoms with Crippen molar-refractivity contribution in [2.45, 2.75) is 49.9 Å². The molecule has 6 rings (SSSR count). The molecule has 0 bridgehead atoms. The van der Waals surface area contributed by atoms with Crippen LogP contribution in [0.1, 0.15) is 29.3 Å². The van der Waals surface area contributed by atoms with Gasteiger partial charge in [-0.3, -0.25) is 0 Å². The molecule has 6 nitrogen and oxygen atoms in total. The predicted molar refractivity (Wildman–Crippen MR) is 119 cm³/mol. The highest BCUT2D eigenvalue weighted by atomic mass is 16.8. The highest BCUT2D eigenvalue weighted by Crippen LogP contribution is 2.43. The summed E-state index contributed by atoms with van der Waals surface area (Å²) < 4.78 is 37.7. The van der Waals surface area contributed by atoms with Gasteiger partial charge in [0.05, 0.1) is 13.2 Å². The van der Waals surface area contributed by atoms with Crippen LogP contribution in [-0.2, 0) is 35.0 Å². The van der Waals surface area contributed by atoms with Gasteiger partial charge < -0.3 is 28.4 Å². The summed E-state index contributed by atoms with van der Waals surface area (Å²) in [4.78, 5) is 0. The van der Waals surface area contributed by atoms with Gasteiger partial charge in [0.15, 0.2) is 18.9 Å². The van der Waals surface area contributed by atoms with Gasteiger partial charge in [-0.25, -0.2) is 0 Å². The zero-order chi connectivity index (χ0) is 22.0. The quantitative estimate of drug-likeness (QED) is 0.574. The average Bonchev–Trinajstić information content (AvgIpc) is 3.35. The van der Waals surface area contributed by atoms with Gasteiger partial charge in [-0.15, -0.1) is 0 Å². The van der Waals surface area contributed by atoms with Crippen LogP contribution in [0.25, 0.3) is 0 Å². The fraction of sp³-hybridized carbons (Fsp3) is 0.333. The van der Waals surface area contributed by atoms with Gasteiger partial charge in [0, 0.05) is 11.1 Å². The largest absolute Gasteiger partial charge is 0.346 e. The van der Waals surface area contributed by atoms with Gasteiger partial charge >= 0.3 is 0 Å². The van der Waals surface area contributed by atoms with Crippen LogP contribution in [0.3, 0.4) is 0 Å². The van der Waals surface area contributed by atoms with E-state index >= 15 is 0 Å². The van der Waals surface area contributed by atoms with Crippen LogP contribution in [-0.4, -0.2) is 37.3 Å². The molecule has 6 heteroatoms. The standard InChI is InChI=1S/C27H26O6/c1-4-10-18(11-5-1)16-28-27-24-23(32-26(33-24)20-14-8-3-9-15-20)22-21(30-27)17-29-25(31-22)19-12-6-2-7-13-19/h1-15,21-27H,16-17H2/t21-,22+,23+,24+,25?,26?,27+/m0/s1. The van der Waals surface area contributed by atoms with E-state index in [0.29, 0.717) is 13.2 Å². The van der Waals surface area contributed by atoms with Crippen molar-refractivity contribution in [1.29, 1.82) is 0 Å². The maximum absolute atomic E-state index is 6.42. The Bertz CT molecular complexity index is 1030. The van der Waals surface area contributed by atoms with E-state index in [9.17, 15) is 0 Å². The Balaban J connectivity index is 1.24. The monoisotopic (exact) mass is 446 g/mol. The van der Waals surface area contributed by atoms with Gasteiger partial charge in [0.2, 0.25) is 0 Å². The van der Waals surface area contributed by atoms with Crippen LogP contribution in [0.4, 0.5) is 0 Å². The number of benzene rings is 3. The van der Waals surface area contributed by atoms with Crippen LogP contribution in [0.5, 0.6) is 0 Å². The molecule has 0 radical (unpaired) electrons. The lowest BCUT2D eigenvalue weighted by Gasteiger charge is -2.45. The van der Waals surface area contributed by atoms with Crippen molar-refractivity contribution >= 4 is 0 Å². The van der Waals surface area contributed by atoms with Crippen LogP contribution >= 0.6 is 0 Å². The first-order valence-electron chi connectivity index (χ1n) is 11.3. The molecule has 0 aromatic heterocycles. The van der Waals surface area contributed by atoms with Gasteiger partial charge in [-0.2, -0.15) is 0 Å². The van der Waals surface area contributed by atoms with Crippen molar-refractivity contribution in [3.05, 3.63) is 108 Å². The highest BCUT2D eigenvalue weighted by molar-refractivity contribution is 5.19. The summed E-state index contributed by atoms with van der Waals surface area (Å²) in [6.07, 6.45) is -2.99. The number of fused-ring (bicyclic) bond motifs is 3. The molecular weight excluding hydrogens is 420 g/mol. The Morgan fingerprint density at radius 1 is 0.606 bits per heavy atom. The summed E-state index contributed by atoms with van der Waals surface area (Å²) in [5.74, 6) is 0. The summed E-state index contributed by atoms with van der Waals surface area (Å²) in [7, 11) is 0. The first kappa shape index (κ1) is 21.0. The highest BCUT2D eigenvalue weighted by Gasteiger charge is 2.56. The maximum Gasteiger partial charge on any atom is 0.187 e. The second-order valence-corrected chi connectivity index (χ2v) is 8.46. The fourth-order valence-corrected chi connectivity index (χ4v) is 4.60. The molecule has 3 aromatic carbocycles. The van der Waals surface area contributed by atoms with Gasteiger partial charge in [-0.1, -0.05) is 91.0 Å². The summed E-state index contributed by atoms with van der Waals surface area (Å²) in [5, 5.41) is 0. The first-order valence-corrected chi connectivity index (χ1v) is 11.3. The van der Waals surface area contributed by atoms with E-state index in [2.05, 4.69) is 0 Å². The maximum atomic E-state index is 6.42. The van der Waals surface area contributed by atoms with Gasteiger partial charge in [0.25, 0.3) is 0 Å². The van der Waals surface area contributed by atoms with Gasteiger partial charge in [0.1, 0.15) is 24.4 Å².